The van der Waals surface area contributed by atoms with Gasteiger partial charge in [0.15, 0.2) is 10.8 Å². The van der Waals surface area contributed by atoms with Crippen LogP contribution in [0.3, 0.4) is 0 Å². The number of benzene rings is 3. The summed E-state index contributed by atoms with van der Waals surface area (Å²) >= 11 is 4.78. The molecular weight excluding hydrogens is 564 g/mol. The molecule has 9 heteroatoms. The van der Waals surface area contributed by atoms with Gasteiger partial charge in [-0.15, -0.1) is 0 Å². The van der Waals surface area contributed by atoms with Crippen LogP contribution in [0.5, 0.6) is 0 Å². The lowest BCUT2D eigenvalue weighted by Gasteiger charge is -2.15. The Morgan fingerprint density at radius 1 is 1.08 bits per heavy atom. The Kier molecular flexibility index (Phi) is 6.63. The van der Waals surface area contributed by atoms with E-state index in [2.05, 4.69) is 67.2 Å². The van der Waals surface area contributed by atoms with Crippen LogP contribution in [0, 0.1) is 0 Å². The minimum Gasteiger partial charge on any atom is -0.465 e. The second-order valence-corrected chi connectivity index (χ2v) is 10.9. The van der Waals surface area contributed by atoms with Crippen molar-refractivity contribution in [2.24, 2.45) is 0 Å². The highest BCUT2D eigenvalue weighted by molar-refractivity contribution is 9.10. The molecule has 7 nitrogen and oxygen atoms in total. The van der Waals surface area contributed by atoms with E-state index < -0.39 is 5.97 Å². The predicted molar refractivity (Wildman–Crippen MR) is 153 cm³/mol. The minimum atomic E-state index is -0.440. The number of anilines is 1. The van der Waals surface area contributed by atoms with Crippen LogP contribution in [-0.4, -0.2) is 39.3 Å². The van der Waals surface area contributed by atoms with Gasteiger partial charge in [-0.25, -0.2) is 14.8 Å². The number of ether oxygens (including phenoxy) is 1. The number of esters is 1. The Hall–Kier alpha value is -3.69. The zero-order valence-corrected chi connectivity index (χ0v) is 22.9. The molecule has 0 atom stereocenters. The monoisotopic (exact) mass is 586 g/mol. The van der Waals surface area contributed by atoms with Crippen LogP contribution in [0.1, 0.15) is 34.7 Å². The normalized spacial score (nSPS) is 13.1. The smallest absolute Gasteiger partial charge is 0.337 e. The zero-order chi connectivity index (χ0) is 26.2. The number of pyridine rings is 1. The zero-order valence-electron chi connectivity index (χ0n) is 20.5. The summed E-state index contributed by atoms with van der Waals surface area (Å²) in [5.41, 5.74) is 4.90. The SMILES string of the molecule is COC(=O)c1ccc(NC(=O)CSc2nc3ncccc3n2-c2ccc(C3CC3)c3ccccc23)c(Br)c1. The number of nitrogens with one attached hydrogen (secondary N) is 1. The maximum atomic E-state index is 12.9. The highest BCUT2D eigenvalue weighted by Crippen LogP contribution is 2.44. The molecule has 1 saturated carbocycles. The second-order valence-electron chi connectivity index (χ2n) is 9.09. The van der Waals surface area contributed by atoms with Gasteiger partial charge in [-0.05, 0) is 82.0 Å². The number of methoxy groups -OCH3 is 1. The Labute approximate surface area is 231 Å². The Balaban J connectivity index is 1.31. The van der Waals surface area contributed by atoms with Gasteiger partial charge in [-0.3, -0.25) is 9.36 Å². The van der Waals surface area contributed by atoms with Crippen molar-refractivity contribution in [1.29, 1.82) is 0 Å². The van der Waals surface area contributed by atoms with E-state index in [-0.39, 0.29) is 11.7 Å². The lowest BCUT2D eigenvalue weighted by atomic mass is 9.99. The van der Waals surface area contributed by atoms with E-state index in [0.717, 1.165) is 16.6 Å². The van der Waals surface area contributed by atoms with E-state index in [4.69, 9.17) is 9.72 Å². The molecule has 38 heavy (non-hydrogen) atoms. The number of carbonyl (C=O) groups is 2. The topological polar surface area (TPSA) is 86.1 Å². The van der Waals surface area contributed by atoms with Crippen LogP contribution in [0.4, 0.5) is 5.69 Å². The van der Waals surface area contributed by atoms with Crippen LogP contribution < -0.4 is 5.32 Å². The molecule has 1 aliphatic rings. The summed E-state index contributed by atoms with van der Waals surface area (Å²) in [4.78, 5) is 33.9. The number of hydrogen-bond donors (Lipinski definition) is 1. The molecule has 0 unspecified atom stereocenters. The van der Waals surface area contributed by atoms with Crippen LogP contribution >= 0.6 is 27.7 Å². The third kappa shape index (κ3) is 4.68. The molecule has 5 aromatic rings. The number of aromatic nitrogens is 3. The molecule has 0 radical (unpaired) electrons. The summed E-state index contributed by atoms with van der Waals surface area (Å²) in [6, 6.07) is 21.7. The minimum absolute atomic E-state index is 0.145. The summed E-state index contributed by atoms with van der Waals surface area (Å²) in [6.45, 7) is 0. The van der Waals surface area contributed by atoms with Crippen LogP contribution in [-0.2, 0) is 9.53 Å². The molecule has 190 valence electrons. The van der Waals surface area contributed by atoms with E-state index in [9.17, 15) is 9.59 Å². The van der Waals surface area contributed by atoms with Crippen LogP contribution in [0.2, 0.25) is 0 Å². The quantitative estimate of drug-likeness (QED) is 0.168. The summed E-state index contributed by atoms with van der Waals surface area (Å²) < 4.78 is 7.45. The summed E-state index contributed by atoms with van der Waals surface area (Å²) in [6.07, 6.45) is 4.20. The van der Waals surface area contributed by atoms with Crippen molar-refractivity contribution in [3.05, 3.63) is 88.5 Å². The maximum Gasteiger partial charge on any atom is 0.337 e. The average Bonchev–Trinajstić information content (AvgIpc) is 3.72. The van der Waals surface area contributed by atoms with Gasteiger partial charge < -0.3 is 10.1 Å². The fourth-order valence-corrected chi connectivity index (χ4v) is 5.94. The Morgan fingerprint density at radius 2 is 1.89 bits per heavy atom. The predicted octanol–water partition coefficient (Wildman–Crippen LogP) is 6.73. The first kappa shape index (κ1) is 24.6. The molecule has 0 aliphatic heterocycles. The largest absolute Gasteiger partial charge is 0.465 e. The third-order valence-electron chi connectivity index (χ3n) is 6.59. The fraction of sp³-hybridized carbons (Fsp3) is 0.172. The molecule has 3 aromatic carbocycles. The molecule has 0 spiro atoms. The van der Waals surface area contributed by atoms with Gasteiger partial charge in [0.1, 0.15) is 0 Å². The van der Waals surface area contributed by atoms with E-state index in [1.165, 1.54) is 42.7 Å². The van der Waals surface area contributed by atoms with E-state index in [1.54, 1.807) is 24.4 Å². The Bertz CT molecular complexity index is 1710. The lowest BCUT2D eigenvalue weighted by Crippen LogP contribution is -2.15. The van der Waals surface area contributed by atoms with Gasteiger partial charge in [-0.1, -0.05) is 42.1 Å². The highest BCUT2D eigenvalue weighted by Gasteiger charge is 2.26. The maximum absolute atomic E-state index is 12.9. The summed E-state index contributed by atoms with van der Waals surface area (Å²) in [5.74, 6) is 0.145. The molecule has 0 saturated heterocycles. The molecule has 1 fully saturated rings. The number of thioether (sulfide) groups is 1. The van der Waals surface area contributed by atoms with Crippen molar-refractivity contribution in [1.82, 2.24) is 14.5 Å². The molecular formula is C29H23BrN4O3S. The first-order valence-corrected chi connectivity index (χ1v) is 14.0. The third-order valence-corrected chi connectivity index (χ3v) is 8.18. The number of hydrogen-bond acceptors (Lipinski definition) is 6. The van der Waals surface area contributed by atoms with Crippen molar-refractivity contribution in [3.63, 3.8) is 0 Å². The van der Waals surface area contributed by atoms with Gasteiger partial charge in [0.05, 0.1) is 35.3 Å². The van der Waals surface area contributed by atoms with Crippen LogP contribution in [0.15, 0.2) is 82.6 Å². The standard InChI is InChI=1S/C29H23BrN4O3S/c1-37-28(36)18-10-12-23(22(30)15-18)32-26(35)16-38-29-33-27-25(7-4-14-31-27)34(29)24-13-11-19(17-8-9-17)20-5-2-3-6-21(20)24/h2-7,10-15,17H,8-9,16H2,1H3,(H,32,35). The van der Waals surface area contributed by atoms with Gasteiger partial charge in [0.25, 0.3) is 0 Å². The lowest BCUT2D eigenvalue weighted by molar-refractivity contribution is -0.113. The average molecular weight is 587 g/mol. The van der Waals surface area contributed by atoms with E-state index in [1.807, 2.05) is 12.1 Å². The van der Waals surface area contributed by atoms with E-state index in [0.29, 0.717) is 32.4 Å². The Morgan fingerprint density at radius 3 is 2.66 bits per heavy atom. The number of fused-ring (bicyclic) bond motifs is 2. The number of amides is 1. The second kappa shape index (κ2) is 10.2. The summed E-state index contributed by atoms with van der Waals surface area (Å²) in [7, 11) is 1.33. The fourth-order valence-electron chi connectivity index (χ4n) is 4.65. The van der Waals surface area contributed by atoms with Gasteiger partial charge in [-0.2, -0.15) is 0 Å². The van der Waals surface area contributed by atoms with Gasteiger partial charge >= 0.3 is 5.97 Å². The molecule has 2 heterocycles. The van der Waals surface area contributed by atoms with E-state index >= 15 is 0 Å². The van der Waals surface area contributed by atoms with Crippen LogP contribution in [0.25, 0.3) is 27.6 Å². The number of halogens is 1. The number of imidazole rings is 1. The first-order valence-electron chi connectivity index (χ1n) is 12.2. The van der Waals surface area contributed by atoms with Crippen molar-refractivity contribution < 1.29 is 14.3 Å². The number of carbonyl (C=O) groups excluding carboxylic acids is 2. The first-order chi connectivity index (χ1) is 18.5. The van der Waals surface area contributed by atoms with Crippen molar-refractivity contribution in [2.75, 3.05) is 18.2 Å². The molecule has 1 amide bonds. The van der Waals surface area contributed by atoms with Gasteiger partial charge in [0, 0.05) is 16.1 Å². The highest BCUT2D eigenvalue weighted by atomic mass is 79.9. The summed E-state index contributed by atoms with van der Waals surface area (Å²) in [5, 5.41) is 6.01. The molecule has 1 aliphatic carbocycles. The molecule has 6 rings (SSSR count). The molecule has 1 N–H and O–H groups in total. The number of nitrogens with zero attached hydrogens (tertiary/aromatic N) is 3. The van der Waals surface area contributed by atoms with Crippen molar-refractivity contribution in [2.45, 2.75) is 23.9 Å². The molecule has 0 bridgehead atoms. The number of rotatable bonds is 7. The van der Waals surface area contributed by atoms with Gasteiger partial charge in [0.2, 0.25) is 5.91 Å². The van der Waals surface area contributed by atoms with Crippen molar-refractivity contribution in [3.8, 4) is 5.69 Å². The van der Waals surface area contributed by atoms with Crippen molar-refractivity contribution >= 4 is 67.2 Å². The molecule has 2 aromatic heterocycles.